The van der Waals surface area contributed by atoms with E-state index in [1.165, 1.54) is 6.07 Å². The molecule has 3 rings (SSSR count). The second-order valence-corrected chi connectivity index (χ2v) is 5.59. The van der Waals surface area contributed by atoms with Crippen molar-refractivity contribution < 1.29 is 13.9 Å². The van der Waals surface area contributed by atoms with Crippen LogP contribution >= 0.6 is 0 Å². The molecule has 0 saturated heterocycles. The summed E-state index contributed by atoms with van der Waals surface area (Å²) < 4.78 is 21.4. The Balaban J connectivity index is 1.72. The van der Waals surface area contributed by atoms with Gasteiger partial charge in [-0.1, -0.05) is 12.7 Å². The molecule has 132 valence electrons. The molecule has 0 spiro atoms. The molecule has 0 aliphatic rings. The van der Waals surface area contributed by atoms with E-state index in [4.69, 9.17) is 4.74 Å². The third-order valence-corrected chi connectivity index (χ3v) is 3.78. The van der Waals surface area contributed by atoms with Crippen molar-refractivity contribution in [3.05, 3.63) is 84.7 Å². The molecule has 0 saturated carbocycles. The molecule has 1 amide bonds. The molecule has 2 aromatic carbocycles. The number of carbonyl (C=O) groups excluding carboxylic acids is 1. The number of imidazole rings is 1. The Bertz CT molecular complexity index is 932. The zero-order valence-corrected chi connectivity index (χ0v) is 14.3. The summed E-state index contributed by atoms with van der Waals surface area (Å²) in [6.45, 7) is 5.76. The van der Waals surface area contributed by atoms with Crippen molar-refractivity contribution >= 4 is 11.6 Å². The smallest absolute Gasteiger partial charge is 0.255 e. The third kappa shape index (κ3) is 3.80. The van der Waals surface area contributed by atoms with Gasteiger partial charge in [-0.2, -0.15) is 0 Å². The summed E-state index contributed by atoms with van der Waals surface area (Å²) in [6, 6.07) is 11.2. The highest BCUT2D eigenvalue weighted by Crippen LogP contribution is 2.20. The lowest BCUT2D eigenvalue weighted by atomic mass is 10.2. The minimum atomic E-state index is -0.447. The molecule has 0 aliphatic carbocycles. The minimum Gasteiger partial charge on any atom is -0.490 e. The van der Waals surface area contributed by atoms with Crippen LogP contribution in [0.4, 0.5) is 10.1 Å². The first-order chi connectivity index (χ1) is 12.6. The van der Waals surface area contributed by atoms with E-state index >= 15 is 0 Å². The fourth-order valence-corrected chi connectivity index (χ4v) is 2.47. The van der Waals surface area contributed by atoms with E-state index in [9.17, 15) is 9.18 Å². The van der Waals surface area contributed by atoms with Gasteiger partial charge in [-0.3, -0.25) is 4.79 Å². The number of amides is 1. The molecule has 0 bridgehead atoms. The van der Waals surface area contributed by atoms with E-state index < -0.39 is 5.82 Å². The molecule has 26 heavy (non-hydrogen) atoms. The zero-order valence-electron chi connectivity index (χ0n) is 14.3. The fourth-order valence-electron chi connectivity index (χ4n) is 2.47. The topological polar surface area (TPSA) is 56.1 Å². The van der Waals surface area contributed by atoms with Crippen molar-refractivity contribution in [2.24, 2.45) is 0 Å². The van der Waals surface area contributed by atoms with Gasteiger partial charge in [-0.25, -0.2) is 9.37 Å². The molecule has 3 aromatic rings. The lowest BCUT2D eigenvalue weighted by Crippen LogP contribution is -2.12. The number of halogens is 1. The van der Waals surface area contributed by atoms with Gasteiger partial charge in [-0.05, 0) is 49.4 Å². The van der Waals surface area contributed by atoms with Gasteiger partial charge in [0.15, 0.2) is 0 Å². The molecule has 1 heterocycles. The van der Waals surface area contributed by atoms with Crippen molar-refractivity contribution in [1.29, 1.82) is 0 Å². The fraction of sp³-hybridized carbons (Fsp3) is 0.100. The van der Waals surface area contributed by atoms with Crippen molar-refractivity contribution in [3.8, 4) is 11.4 Å². The van der Waals surface area contributed by atoms with E-state index in [0.717, 1.165) is 0 Å². The Labute approximate surface area is 150 Å². The number of nitrogens with zero attached hydrogens (tertiary/aromatic N) is 2. The van der Waals surface area contributed by atoms with Gasteiger partial charge in [0.05, 0.1) is 5.69 Å². The molecular formula is C20H18FN3O2. The number of hydrogen-bond acceptors (Lipinski definition) is 3. The van der Waals surface area contributed by atoms with Crippen LogP contribution in [0.25, 0.3) is 5.69 Å². The van der Waals surface area contributed by atoms with Crippen LogP contribution in [0, 0.1) is 12.7 Å². The van der Waals surface area contributed by atoms with E-state index in [-0.39, 0.29) is 5.91 Å². The van der Waals surface area contributed by atoms with Gasteiger partial charge in [0.1, 0.15) is 24.0 Å². The average molecular weight is 351 g/mol. The molecule has 5 nitrogen and oxygen atoms in total. The lowest BCUT2D eigenvalue weighted by molar-refractivity contribution is 0.102. The van der Waals surface area contributed by atoms with Crippen molar-refractivity contribution in [1.82, 2.24) is 9.55 Å². The molecule has 0 fully saturated rings. The van der Waals surface area contributed by atoms with Crippen molar-refractivity contribution in [2.45, 2.75) is 6.92 Å². The minimum absolute atomic E-state index is 0.328. The number of aryl methyl sites for hydroxylation is 1. The molecule has 1 aromatic heterocycles. The van der Waals surface area contributed by atoms with Gasteiger partial charge in [0.25, 0.3) is 5.91 Å². The van der Waals surface area contributed by atoms with E-state index in [1.54, 1.807) is 66.4 Å². The SMILES string of the molecule is C=CCOc1ccc(C(=O)Nc2ccc(-n3ccnc3C)c(F)c2)cc1. The quantitative estimate of drug-likeness (QED) is 0.679. The molecule has 0 radical (unpaired) electrons. The second kappa shape index (κ2) is 7.65. The van der Waals surface area contributed by atoms with Crippen molar-refractivity contribution in [3.63, 3.8) is 0 Å². The first-order valence-corrected chi connectivity index (χ1v) is 8.03. The molecule has 1 N–H and O–H groups in total. The summed E-state index contributed by atoms with van der Waals surface area (Å²) >= 11 is 0. The number of carbonyl (C=O) groups is 1. The van der Waals surface area contributed by atoms with Crippen LogP contribution in [-0.4, -0.2) is 22.1 Å². The maximum atomic E-state index is 14.4. The highest BCUT2D eigenvalue weighted by atomic mass is 19.1. The third-order valence-electron chi connectivity index (χ3n) is 3.78. The maximum Gasteiger partial charge on any atom is 0.255 e. The van der Waals surface area contributed by atoms with Gasteiger partial charge >= 0.3 is 0 Å². The van der Waals surface area contributed by atoms with Crippen LogP contribution in [0.15, 0.2) is 67.5 Å². The van der Waals surface area contributed by atoms with Gasteiger partial charge in [0, 0.05) is 23.6 Å². The first kappa shape index (κ1) is 17.4. The number of rotatable bonds is 6. The van der Waals surface area contributed by atoms with E-state index in [2.05, 4.69) is 16.9 Å². The molecule has 0 atom stereocenters. The number of hydrogen-bond donors (Lipinski definition) is 1. The molecule has 0 aliphatic heterocycles. The Kier molecular flexibility index (Phi) is 5.12. The highest BCUT2D eigenvalue weighted by molar-refractivity contribution is 6.04. The van der Waals surface area contributed by atoms with Crippen molar-refractivity contribution in [2.75, 3.05) is 11.9 Å². The summed E-state index contributed by atoms with van der Waals surface area (Å²) in [5.74, 6) is 0.551. The largest absolute Gasteiger partial charge is 0.490 e. The molecular weight excluding hydrogens is 333 g/mol. The van der Waals surface area contributed by atoms with E-state index in [1.807, 2.05) is 0 Å². The number of ether oxygens (including phenoxy) is 1. The highest BCUT2D eigenvalue weighted by Gasteiger charge is 2.11. The predicted octanol–water partition coefficient (Wildman–Crippen LogP) is 4.14. The number of anilines is 1. The van der Waals surface area contributed by atoms with Gasteiger partial charge in [0.2, 0.25) is 0 Å². The summed E-state index contributed by atoms with van der Waals surface area (Å²) in [4.78, 5) is 16.4. The van der Waals surface area contributed by atoms with Gasteiger partial charge < -0.3 is 14.6 Å². The lowest BCUT2D eigenvalue weighted by Gasteiger charge is -2.10. The number of benzene rings is 2. The standard InChI is InChI=1S/C20H18FN3O2/c1-3-12-26-17-7-4-15(5-8-17)20(25)23-16-6-9-19(18(21)13-16)24-11-10-22-14(24)2/h3-11,13H,1,12H2,2H3,(H,23,25). The van der Waals surface area contributed by atoms with Crippen LogP contribution in [0.3, 0.4) is 0 Å². The van der Waals surface area contributed by atoms with Gasteiger partial charge in [-0.15, -0.1) is 0 Å². The Morgan fingerprint density at radius 2 is 2.08 bits per heavy atom. The zero-order chi connectivity index (χ0) is 18.5. The van der Waals surface area contributed by atoms with Crippen LogP contribution < -0.4 is 10.1 Å². The summed E-state index contributed by atoms with van der Waals surface area (Å²) in [7, 11) is 0. The monoisotopic (exact) mass is 351 g/mol. The number of aromatic nitrogens is 2. The molecule has 0 unspecified atom stereocenters. The van der Waals surface area contributed by atoms with Crippen LogP contribution in [0.1, 0.15) is 16.2 Å². The first-order valence-electron chi connectivity index (χ1n) is 8.03. The Hall–Kier alpha value is -3.41. The predicted molar refractivity (Wildman–Crippen MR) is 98.3 cm³/mol. The second-order valence-electron chi connectivity index (χ2n) is 5.59. The summed E-state index contributed by atoms with van der Waals surface area (Å²) in [5.41, 5.74) is 1.20. The van der Waals surface area contributed by atoms with Crippen LogP contribution in [0.2, 0.25) is 0 Å². The maximum absolute atomic E-state index is 14.4. The summed E-state index contributed by atoms with van der Waals surface area (Å²) in [6.07, 6.45) is 4.93. The van der Waals surface area contributed by atoms with Crippen LogP contribution in [0.5, 0.6) is 5.75 Å². The number of nitrogens with one attached hydrogen (secondary N) is 1. The normalized spacial score (nSPS) is 10.4. The Morgan fingerprint density at radius 1 is 1.31 bits per heavy atom. The van der Waals surface area contributed by atoms with Crippen LogP contribution in [-0.2, 0) is 0 Å². The average Bonchev–Trinajstić information content (AvgIpc) is 3.06. The summed E-state index contributed by atoms with van der Waals surface area (Å²) in [5, 5.41) is 2.69. The van der Waals surface area contributed by atoms with E-state index in [0.29, 0.717) is 35.1 Å². The Morgan fingerprint density at radius 3 is 2.69 bits per heavy atom. The molecule has 6 heteroatoms.